The predicted molar refractivity (Wildman–Crippen MR) is 148 cm³/mol. The number of nitrogens with one attached hydrogen (secondary N) is 1. The van der Waals surface area contributed by atoms with Crippen molar-refractivity contribution >= 4 is 44.5 Å². The molecule has 0 fully saturated rings. The van der Waals surface area contributed by atoms with E-state index in [-0.39, 0.29) is 5.91 Å². The molecule has 8 heteroatoms. The number of halogens is 1. The van der Waals surface area contributed by atoms with E-state index in [1.807, 2.05) is 72.8 Å². The molecule has 0 unspecified atom stereocenters. The fourth-order valence-corrected chi connectivity index (χ4v) is 5.43. The number of hydrazone groups is 1. The Hall–Kier alpha value is -3.10. The van der Waals surface area contributed by atoms with Gasteiger partial charge in [0.25, 0.3) is 5.91 Å². The summed E-state index contributed by atoms with van der Waals surface area (Å²) in [7, 11) is 0. The summed E-state index contributed by atoms with van der Waals surface area (Å²) < 4.78 is 7.18. The molecule has 2 aliphatic rings. The standard InChI is InChI=1S/C28H27BrN4O2S/c1-2-3-9-16-36-28-31-27(34)25-21-12-7-8-13-23(21)30-26(33(25)32-28)22-17-20(29)14-15-24(22)35-18-19-10-5-4-6-11-19/h4-8,10-15,17,26H,2-3,9,16,18H2,1H3,(H,31,32,34)/t26-/m1/s1. The van der Waals surface area contributed by atoms with Crippen LogP contribution in [0.4, 0.5) is 0 Å². The van der Waals surface area contributed by atoms with Crippen molar-refractivity contribution in [3.05, 3.63) is 99.0 Å². The van der Waals surface area contributed by atoms with Gasteiger partial charge in [-0.2, -0.15) is 0 Å². The number of fused-ring (bicyclic) bond motifs is 2. The topological polar surface area (TPSA) is 66.3 Å². The van der Waals surface area contributed by atoms with Crippen molar-refractivity contribution in [3.63, 3.8) is 0 Å². The van der Waals surface area contributed by atoms with Crippen molar-refractivity contribution in [2.45, 2.75) is 39.0 Å². The minimum atomic E-state index is -0.546. The molecule has 1 N–H and O–H groups in total. The number of unbranched alkanes of at least 4 members (excludes halogenated alkanes) is 2. The Morgan fingerprint density at radius 2 is 1.86 bits per heavy atom. The van der Waals surface area contributed by atoms with Gasteiger partial charge in [0.1, 0.15) is 18.1 Å². The Kier molecular flexibility index (Phi) is 7.72. The van der Waals surface area contributed by atoms with Crippen LogP contribution in [-0.2, 0) is 11.4 Å². The second kappa shape index (κ2) is 11.3. The Morgan fingerprint density at radius 3 is 2.69 bits per heavy atom. The van der Waals surface area contributed by atoms with Gasteiger partial charge >= 0.3 is 0 Å². The van der Waals surface area contributed by atoms with Gasteiger partial charge in [-0.25, -0.2) is 5.01 Å². The van der Waals surface area contributed by atoms with Crippen LogP contribution in [0.3, 0.4) is 0 Å². The lowest BCUT2D eigenvalue weighted by atomic mass is 10.1. The van der Waals surface area contributed by atoms with Gasteiger partial charge in [-0.15, -0.1) is 5.10 Å². The van der Waals surface area contributed by atoms with Crippen LogP contribution < -0.4 is 20.6 Å². The third-order valence-corrected chi connectivity index (χ3v) is 7.43. The highest BCUT2D eigenvalue weighted by Gasteiger charge is 2.35. The molecule has 5 rings (SSSR count). The zero-order valence-corrected chi connectivity index (χ0v) is 22.4. The number of carbonyl (C=O) groups is 1. The molecule has 2 aliphatic heterocycles. The lowest BCUT2D eigenvalue weighted by Gasteiger charge is -2.34. The first-order chi connectivity index (χ1) is 17.6. The van der Waals surface area contributed by atoms with Crippen LogP contribution in [0.15, 0.2) is 87.4 Å². The third kappa shape index (κ3) is 5.34. The fourth-order valence-electron chi connectivity index (χ4n) is 4.20. The molecule has 0 bridgehead atoms. The Bertz CT molecular complexity index is 1410. The van der Waals surface area contributed by atoms with E-state index in [1.54, 1.807) is 16.8 Å². The molecule has 0 saturated carbocycles. The number of hydrogen-bond acceptors (Lipinski definition) is 6. The molecule has 36 heavy (non-hydrogen) atoms. The van der Waals surface area contributed by atoms with Gasteiger partial charge in [-0.05, 0) is 36.2 Å². The molecule has 2 heterocycles. The quantitative estimate of drug-likeness (QED) is 0.388. The summed E-state index contributed by atoms with van der Waals surface area (Å²) in [6.45, 7) is 2.61. The molecular weight excluding hydrogens is 536 g/mol. The first-order valence-electron chi connectivity index (χ1n) is 12.1. The zero-order valence-electron chi connectivity index (χ0n) is 20.0. The highest BCUT2D eigenvalue weighted by atomic mass is 79.9. The van der Waals surface area contributed by atoms with Crippen molar-refractivity contribution in [2.24, 2.45) is 10.1 Å². The molecular formula is C28H27BrN4O2S. The van der Waals surface area contributed by atoms with Crippen molar-refractivity contribution in [2.75, 3.05) is 5.75 Å². The number of ether oxygens (including phenoxy) is 1. The van der Waals surface area contributed by atoms with E-state index in [2.05, 4.69) is 28.2 Å². The van der Waals surface area contributed by atoms with Crippen LogP contribution in [-0.4, -0.2) is 21.8 Å². The second-order valence-electron chi connectivity index (χ2n) is 8.58. The number of carbonyl (C=O) groups excluding carboxylic acids is 1. The van der Waals surface area contributed by atoms with E-state index in [9.17, 15) is 4.79 Å². The molecule has 0 saturated heterocycles. The van der Waals surface area contributed by atoms with E-state index in [4.69, 9.17) is 14.8 Å². The summed E-state index contributed by atoms with van der Waals surface area (Å²) in [6, 6.07) is 23.6. The average Bonchev–Trinajstić information content (AvgIpc) is 2.90. The number of amides is 1. The van der Waals surface area contributed by atoms with Gasteiger partial charge in [-0.1, -0.05) is 96.0 Å². The molecule has 0 aromatic heterocycles. The molecule has 1 atom stereocenters. The maximum absolute atomic E-state index is 13.4. The molecule has 3 aromatic carbocycles. The van der Waals surface area contributed by atoms with E-state index in [0.717, 1.165) is 51.2 Å². The number of nitrogens with zero attached hydrogens (tertiary/aromatic N) is 3. The lowest BCUT2D eigenvalue weighted by Crippen LogP contribution is -2.50. The summed E-state index contributed by atoms with van der Waals surface area (Å²) >= 11 is 5.18. The van der Waals surface area contributed by atoms with Crippen LogP contribution in [0.2, 0.25) is 0 Å². The smallest absolute Gasteiger partial charge is 0.276 e. The monoisotopic (exact) mass is 562 g/mol. The van der Waals surface area contributed by atoms with Crippen molar-refractivity contribution in [1.29, 1.82) is 0 Å². The highest BCUT2D eigenvalue weighted by Crippen LogP contribution is 2.37. The van der Waals surface area contributed by atoms with Crippen molar-refractivity contribution in [3.8, 4) is 5.75 Å². The third-order valence-electron chi connectivity index (χ3n) is 5.99. The Labute approximate surface area is 223 Å². The summed E-state index contributed by atoms with van der Waals surface area (Å²) in [4.78, 5) is 18.4. The molecule has 1 amide bonds. The number of benzene rings is 3. The average molecular weight is 564 g/mol. The minimum Gasteiger partial charge on any atom is -0.488 e. The molecule has 3 aromatic rings. The first kappa shape index (κ1) is 24.6. The predicted octanol–water partition coefficient (Wildman–Crippen LogP) is 5.09. The van der Waals surface area contributed by atoms with E-state index in [0.29, 0.717) is 23.2 Å². The molecule has 0 radical (unpaired) electrons. The van der Waals surface area contributed by atoms with E-state index >= 15 is 0 Å². The van der Waals surface area contributed by atoms with Crippen molar-refractivity contribution in [1.82, 2.24) is 10.3 Å². The molecule has 6 nitrogen and oxygen atoms in total. The summed E-state index contributed by atoms with van der Waals surface area (Å²) in [5.74, 6) is 1.43. The summed E-state index contributed by atoms with van der Waals surface area (Å²) in [5, 5.41) is 11.7. The number of rotatable bonds is 8. The van der Waals surface area contributed by atoms with Crippen LogP contribution in [0, 0.1) is 0 Å². The number of hydrogen-bond donors (Lipinski definition) is 1. The van der Waals surface area contributed by atoms with Crippen LogP contribution in [0.25, 0.3) is 5.70 Å². The first-order valence-corrected chi connectivity index (χ1v) is 13.9. The number of thioether (sulfide) groups is 1. The minimum absolute atomic E-state index is 0.169. The molecule has 0 spiro atoms. The highest BCUT2D eigenvalue weighted by molar-refractivity contribution is 9.10. The molecule has 0 aliphatic carbocycles. The van der Waals surface area contributed by atoms with Gasteiger partial charge in [-0.3, -0.25) is 15.1 Å². The van der Waals surface area contributed by atoms with Crippen LogP contribution in [0.5, 0.6) is 5.75 Å². The lowest BCUT2D eigenvalue weighted by molar-refractivity contribution is -0.116. The summed E-state index contributed by atoms with van der Waals surface area (Å²) in [5.41, 5.74) is 2.41. The Morgan fingerprint density at radius 1 is 1.06 bits per heavy atom. The maximum Gasteiger partial charge on any atom is 0.276 e. The summed E-state index contributed by atoms with van der Waals surface area (Å²) in [6.07, 6.45) is 2.83. The number of amidine groups is 1. The van der Waals surface area contributed by atoms with Crippen LogP contribution in [0.1, 0.15) is 43.5 Å². The van der Waals surface area contributed by atoms with Crippen molar-refractivity contribution < 1.29 is 9.53 Å². The number of para-hydroxylation sites is 1. The second-order valence-corrected chi connectivity index (χ2v) is 10.6. The zero-order chi connectivity index (χ0) is 24.9. The fraction of sp³-hybridized carbons (Fsp3) is 0.250. The Balaban J connectivity index is 1.55. The maximum atomic E-state index is 13.4. The van der Waals surface area contributed by atoms with E-state index < -0.39 is 6.17 Å². The SMILES string of the molecule is CCCCCSC1=NN2C(=c3ccccc3=N[C@H]2c2cc(Br)ccc2OCc2ccccc2)C(=O)N1. The normalized spacial score (nSPS) is 16.4. The van der Waals surface area contributed by atoms with E-state index in [1.165, 1.54) is 0 Å². The van der Waals surface area contributed by atoms with Gasteiger partial charge in [0.15, 0.2) is 11.3 Å². The largest absolute Gasteiger partial charge is 0.488 e. The van der Waals surface area contributed by atoms with Gasteiger partial charge < -0.3 is 4.74 Å². The molecule has 184 valence electrons. The van der Waals surface area contributed by atoms with Gasteiger partial charge in [0.2, 0.25) is 0 Å². The van der Waals surface area contributed by atoms with Gasteiger partial charge in [0.05, 0.1) is 5.36 Å². The van der Waals surface area contributed by atoms with Gasteiger partial charge in [0, 0.05) is 21.0 Å². The van der Waals surface area contributed by atoms with Crippen LogP contribution >= 0.6 is 27.7 Å².